The molecule has 0 N–H and O–H groups in total. The Bertz CT molecular complexity index is 43.0. The first kappa shape index (κ1) is 7.66. The molecule has 0 aromatic heterocycles. The molecule has 0 amide bonds. The fourth-order valence-corrected chi connectivity index (χ4v) is 1.21. The van der Waals surface area contributed by atoms with Gasteiger partial charge in [0.25, 0.3) is 0 Å². The molecule has 0 atom stereocenters. The van der Waals surface area contributed by atoms with E-state index in [9.17, 15) is 8.78 Å². The van der Waals surface area contributed by atoms with Crippen LogP contribution in [0.2, 0.25) is 0 Å². The molecule has 0 nitrogen and oxygen atoms in total. The minimum absolute atomic E-state index is 0.792. The minimum atomic E-state index is -2.25. The topological polar surface area (TPSA) is 0 Å². The van der Waals surface area contributed by atoms with E-state index < -0.39 is 20.0 Å². The molecule has 0 aliphatic rings. The summed E-state index contributed by atoms with van der Waals surface area (Å²) < 4.78 is 21.6. The second-order valence-corrected chi connectivity index (χ2v) is 5.24. The third-order valence-corrected chi connectivity index (χ3v) is 2.14. The van der Waals surface area contributed by atoms with Crippen LogP contribution in [0.1, 0.15) is 0 Å². The molecule has 0 aromatic carbocycles. The van der Waals surface area contributed by atoms with Crippen molar-refractivity contribution in [1.82, 2.24) is 0 Å². The second-order valence-electron chi connectivity index (χ2n) is 1.02. The van der Waals surface area contributed by atoms with Crippen LogP contribution in [-0.4, -0.2) is 20.0 Å². The van der Waals surface area contributed by atoms with Crippen molar-refractivity contribution in [2.45, 2.75) is 10.5 Å². The van der Waals surface area contributed by atoms with Crippen LogP contribution in [0, 0.1) is 0 Å². The van der Waals surface area contributed by atoms with Crippen LogP contribution >= 0.6 is 23.2 Å². The van der Waals surface area contributed by atoms with E-state index in [1.807, 2.05) is 0 Å². The van der Waals surface area contributed by atoms with Crippen molar-refractivity contribution in [3.8, 4) is 0 Å². The molecule has 7 heavy (non-hydrogen) atoms. The third-order valence-electron chi connectivity index (χ3n) is 0.356. The number of hydrogen-bond donors (Lipinski definition) is 0. The highest BCUT2D eigenvalue weighted by atomic mass is 35.5. The Morgan fingerprint density at radius 1 is 1.29 bits per heavy atom. The molecule has 0 heterocycles. The van der Waals surface area contributed by atoms with Crippen molar-refractivity contribution in [1.29, 1.82) is 0 Å². The maximum Gasteiger partial charge on any atom is 0.217 e. The number of rotatable bonds is 2. The molecular weight excluding hydrogens is 161 g/mol. The maximum atomic E-state index is 11.2. The summed E-state index contributed by atoms with van der Waals surface area (Å²) in [5.41, 5.74) is 0. The zero-order valence-electron chi connectivity index (χ0n) is 3.37. The van der Waals surface area contributed by atoms with Gasteiger partial charge in [0.05, 0.1) is 4.46 Å². The standard InChI is InChI=1S/C2H4Cl2F2Si/c3-1(4)7-2(5)6/h1-2H,7H2. The monoisotopic (exact) mass is 164 g/mol. The molecule has 0 bridgehead atoms. The lowest BCUT2D eigenvalue weighted by Gasteiger charge is -1.93. The van der Waals surface area contributed by atoms with Gasteiger partial charge in [0, 0.05) is 0 Å². The molecule has 0 aromatic rings. The van der Waals surface area contributed by atoms with E-state index in [-0.39, 0.29) is 0 Å². The van der Waals surface area contributed by atoms with Crippen molar-refractivity contribution < 1.29 is 8.78 Å². The summed E-state index contributed by atoms with van der Waals surface area (Å²) in [6.45, 7) is 0. The number of halogens is 4. The van der Waals surface area contributed by atoms with E-state index in [1.54, 1.807) is 0 Å². The average Bonchev–Trinajstić information content (AvgIpc) is 1.27. The Morgan fingerprint density at radius 2 is 1.71 bits per heavy atom. The molecule has 0 aliphatic carbocycles. The first-order valence-electron chi connectivity index (χ1n) is 1.69. The van der Waals surface area contributed by atoms with Crippen LogP contribution in [0.15, 0.2) is 0 Å². The van der Waals surface area contributed by atoms with Gasteiger partial charge in [-0.25, -0.2) is 8.78 Å². The van der Waals surface area contributed by atoms with Gasteiger partial charge in [-0.2, -0.15) is 0 Å². The van der Waals surface area contributed by atoms with Crippen molar-refractivity contribution >= 4 is 32.7 Å². The normalized spacial score (nSPS) is 12.9. The van der Waals surface area contributed by atoms with Crippen LogP contribution < -0.4 is 0 Å². The molecule has 0 saturated carbocycles. The Morgan fingerprint density at radius 3 is 1.71 bits per heavy atom. The van der Waals surface area contributed by atoms with Crippen molar-refractivity contribution in [2.75, 3.05) is 0 Å². The first-order valence-corrected chi connectivity index (χ1v) is 4.20. The smallest absolute Gasteiger partial charge is 0.216 e. The molecule has 0 aliphatic heterocycles. The van der Waals surface area contributed by atoms with Gasteiger partial charge in [0.2, 0.25) is 6.05 Å². The van der Waals surface area contributed by atoms with Crippen LogP contribution in [0.3, 0.4) is 0 Å². The SMILES string of the molecule is FC(F)[SiH2]C(Cl)Cl. The summed E-state index contributed by atoms with van der Waals surface area (Å²) in [7, 11) is -1.52. The van der Waals surface area contributed by atoms with Crippen molar-refractivity contribution in [2.24, 2.45) is 0 Å². The highest BCUT2D eigenvalue weighted by molar-refractivity contribution is 6.68. The summed E-state index contributed by atoms with van der Waals surface area (Å²) in [5.74, 6) is 0. The fraction of sp³-hybridized carbons (Fsp3) is 1.00. The highest BCUT2D eigenvalue weighted by Gasteiger charge is 2.08. The van der Waals surface area contributed by atoms with E-state index in [4.69, 9.17) is 23.2 Å². The maximum absolute atomic E-state index is 11.2. The Kier molecular flexibility index (Phi) is 3.97. The predicted molar refractivity (Wildman–Crippen MR) is 30.0 cm³/mol. The van der Waals surface area contributed by atoms with Gasteiger partial charge in [0.1, 0.15) is 9.52 Å². The first-order chi connectivity index (χ1) is 3.13. The van der Waals surface area contributed by atoms with E-state index in [0.717, 1.165) is 0 Å². The van der Waals surface area contributed by atoms with Crippen molar-refractivity contribution in [3.05, 3.63) is 0 Å². The van der Waals surface area contributed by atoms with E-state index in [0.29, 0.717) is 0 Å². The lowest BCUT2D eigenvalue weighted by molar-refractivity contribution is 0.238. The van der Waals surface area contributed by atoms with Gasteiger partial charge >= 0.3 is 0 Å². The molecule has 0 radical (unpaired) electrons. The minimum Gasteiger partial charge on any atom is -0.216 e. The van der Waals surface area contributed by atoms with Gasteiger partial charge < -0.3 is 0 Å². The Labute approximate surface area is 52.6 Å². The summed E-state index contributed by atoms with van der Waals surface area (Å²) in [4.78, 5) is 0. The summed E-state index contributed by atoms with van der Waals surface area (Å²) in [5, 5.41) is 0. The number of hydrogen-bond acceptors (Lipinski definition) is 0. The summed E-state index contributed by atoms with van der Waals surface area (Å²) in [6.07, 6.45) is 0. The summed E-state index contributed by atoms with van der Waals surface area (Å²) in [6, 6.07) is -2.25. The molecule has 0 saturated heterocycles. The van der Waals surface area contributed by atoms with Crippen LogP contribution in [0.4, 0.5) is 8.78 Å². The fourth-order valence-electron chi connectivity index (χ4n) is 0.135. The van der Waals surface area contributed by atoms with E-state index >= 15 is 0 Å². The second kappa shape index (κ2) is 3.63. The molecule has 0 unspecified atom stereocenters. The number of alkyl halides is 4. The molecule has 0 spiro atoms. The molecule has 5 heteroatoms. The Hall–Kier alpha value is 0.657. The highest BCUT2D eigenvalue weighted by Crippen LogP contribution is 2.03. The lowest BCUT2D eigenvalue weighted by atomic mass is 11.7. The van der Waals surface area contributed by atoms with Gasteiger partial charge in [0.15, 0.2) is 0 Å². The lowest BCUT2D eigenvalue weighted by Crippen LogP contribution is -2.11. The Balaban J connectivity index is 2.95. The van der Waals surface area contributed by atoms with Gasteiger partial charge in [-0.1, -0.05) is 0 Å². The molecule has 0 rings (SSSR count). The van der Waals surface area contributed by atoms with Gasteiger partial charge in [-0.05, 0) is 0 Å². The largest absolute Gasteiger partial charge is 0.217 e. The van der Waals surface area contributed by atoms with Gasteiger partial charge in [-0.15, -0.1) is 23.2 Å². The third kappa shape index (κ3) is 6.66. The quantitative estimate of drug-likeness (QED) is 0.425. The van der Waals surface area contributed by atoms with Crippen molar-refractivity contribution in [3.63, 3.8) is 0 Å². The van der Waals surface area contributed by atoms with Gasteiger partial charge in [-0.3, -0.25) is 0 Å². The van der Waals surface area contributed by atoms with E-state index in [2.05, 4.69) is 0 Å². The van der Waals surface area contributed by atoms with Crippen LogP contribution in [-0.2, 0) is 0 Å². The summed E-state index contributed by atoms with van der Waals surface area (Å²) >= 11 is 10.0. The average molecular weight is 165 g/mol. The predicted octanol–water partition coefficient (Wildman–Crippen LogP) is 1.14. The molecular formula is C2H4Cl2F2Si. The molecule has 0 fully saturated rings. The van der Waals surface area contributed by atoms with E-state index in [1.165, 1.54) is 0 Å². The molecule has 44 valence electrons. The van der Waals surface area contributed by atoms with Crippen LogP contribution in [0.25, 0.3) is 0 Å². The zero-order valence-corrected chi connectivity index (χ0v) is 6.30. The van der Waals surface area contributed by atoms with Crippen LogP contribution in [0.5, 0.6) is 0 Å². The zero-order chi connectivity index (χ0) is 5.86.